The summed E-state index contributed by atoms with van der Waals surface area (Å²) in [7, 11) is 1.98. The van der Waals surface area contributed by atoms with Crippen LogP contribution in [0.15, 0.2) is 18.3 Å². The highest BCUT2D eigenvalue weighted by atomic mass is 16.5. The van der Waals surface area contributed by atoms with Crippen LogP contribution in [0.25, 0.3) is 0 Å². The average Bonchev–Trinajstić information content (AvgIpc) is 2.72. The van der Waals surface area contributed by atoms with Crippen molar-refractivity contribution in [3.8, 4) is 0 Å². The molecule has 0 saturated carbocycles. The number of aryl methyl sites for hydroxylation is 1. The largest absolute Gasteiger partial charge is 0.378 e. The van der Waals surface area contributed by atoms with Crippen LogP contribution in [0.1, 0.15) is 25.5 Å². The molecule has 0 aliphatic carbocycles. The quantitative estimate of drug-likeness (QED) is 0.863. The van der Waals surface area contributed by atoms with Crippen molar-refractivity contribution in [1.82, 2.24) is 9.88 Å². The van der Waals surface area contributed by atoms with Crippen molar-refractivity contribution in [3.63, 3.8) is 0 Å². The maximum Gasteiger partial charge on any atom is 0.226 e. The molecule has 94 valence electrons. The number of hydrogen-bond donors (Lipinski definition) is 1. The SMILES string of the molecule is C[C@@H]1OCCC[C@@H]1C(=O)NCc1cccn1C. The first kappa shape index (κ1) is 12.2. The summed E-state index contributed by atoms with van der Waals surface area (Å²) in [5, 5.41) is 2.99. The maximum absolute atomic E-state index is 12.0. The van der Waals surface area contributed by atoms with Gasteiger partial charge in [-0.25, -0.2) is 0 Å². The van der Waals surface area contributed by atoms with Gasteiger partial charge in [-0.2, -0.15) is 0 Å². The molecule has 1 aromatic rings. The smallest absolute Gasteiger partial charge is 0.226 e. The Balaban J connectivity index is 1.86. The minimum Gasteiger partial charge on any atom is -0.378 e. The molecule has 2 heterocycles. The van der Waals surface area contributed by atoms with E-state index in [-0.39, 0.29) is 17.9 Å². The molecule has 1 amide bonds. The Morgan fingerprint density at radius 1 is 1.65 bits per heavy atom. The molecule has 4 nitrogen and oxygen atoms in total. The van der Waals surface area contributed by atoms with Crippen molar-refractivity contribution >= 4 is 5.91 Å². The summed E-state index contributed by atoms with van der Waals surface area (Å²) >= 11 is 0. The van der Waals surface area contributed by atoms with Gasteiger partial charge in [0.25, 0.3) is 0 Å². The first-order valence-corrected chi connectivity index (χ1v) is 6.18. The molecule has 2 rings (SSSR count). The van der Waals surface area contributed by atoms with E-state index in [0.717, 1.165) is 25.1 Å². The van der Waals surface area contributed by atoms with Crippen molar-refractivity contribution in [2.75, 3.05) is 6.61 Å². The number of nitrogens with one attached hydrogen (secondary N) is 1. The molecule has 4 heteroatoms. The molecule has 1 aliphatic heterocycles. The van der Waals surface area contributed by atoms with Crippen LogP contribution in [0, 0.1) is 5.92 Å². The van der Waals surface area contributed by atoms with Gasteiger partial charge in [-0.1, -0.05) is 0 Å². The lowest BCUT2D eigenvalue weighted by molar-refractivity contribution is -0.133. The lowest BCUT2D eigenvalue weighted by Crippen LogP contribution is -2.40. The second-order valence-corrected chi connectivity index (χ2v) is 4.65. The molecular weight excluding hydrogens is 216 g/mol. The summed E-state index contributed by atoms with van der Waals surface area (Å²) in [5.74, 6) is 0.113. The van der Waals surface area contributed by atoms with E-state index in [0.29, 0.717) is 6.54 Å². The number of amides is 1. The fourth-order valence-corrected chi connectivity index (χ4v) is 2.26. The van der Waals surface area contributed by atoms with Crippen LogP contribution in [0.3, 0.4) is 0 Å². The van der Waals surface area contributed by atoms with Gasteiger partial charge in [0.1, 0.15) is 0 Å². The Kier molecular flexibility index (Phi) is 3.84. The number of carbonyl (C=O) groups is 1. The van der Waals surface area contributed by atoms with Crippen LogP contribution in [0.2, 0.25) is 0 Å². The van der Waals surface area contributed by atoms with Crippen LogP contribution in [-0.4, -0.2) is 23.2 Å². The number of hydrogen-bond acceptors (Lipinski definition) is 2. The standard InChI is InChI=1S/C13H20N2O2/c1-10-12(6-4-8-17-10)13(16)14-9-11-5-3-7-15(11)2/h3,5,7,10,12H,4,6,8-9H2,1-2H3,(H,14,16)/t10-,12-/m0/s1. The predicted molar refractivity (Wildman–Crippen MR) is 65.4 cm³/mol. The predicted octanol–water partition coefficient (Wildman–Crippen LogP) is 1.46. The summed E-state index contributed by atoms with van der Waals surface area (Å²) in [5.41, 5.74) is 1.11. The van der Waals surface area contributed by atoms with Gasteiger partial charge in [0.05, 0.1) is 18.6 Å². The Bertz CT molecular complexity index is 387. The second kappa shape index (κ2) is 5.36. The molecule has 1 N–H and O–H groups in total. The van der Waals surface area contributed by atoms with E-state index in [4.69, 9.17) is 4.74 Å². The summed E-state index contributed by atoms with van der Waals surface area (Å²) in [6, 6.07) is 3.99. The Morgan fingerprint density at radius 3 is 3.12 bits per heavy atom. The third-order valence-corrected chi connectivity index (χ3v) is 3.44. The van der Waals surface area contributed by atoms with Gasteiger partial charge < -0.3 is 14.6 Å². The van der Waals surface area contributed by atoms with Gasteiger partial charge in [-0.15, -0.1) is 0 Å². The molecule has 0 radical (unpaired) electrons. The van der Waals surface area contributed by atoms with Crippen molar-refractivity contribution in [2.24, 2.45) is 13.0 Å². The molecule has 0 bridgehead atoms. The lowest BCUT2D eigenvalue weighted by Gasteiger charge is -2.28. The fourth-order valence-electron chi connectivity index (χ4n) is 2.26. The third kappa shape index (κ3) is 2.88. The maximum atomic E-state index is 12.0. The molecule has 1 aromatic heterocycles. The van der Waals surface area contributed by atoms with Crippen LogP contribution in [0.5, 0.6) is 0 Å². The molecule has 1 saturated heterocycles. The van der Waals surface area contributed by atoms with Gasteiger partial charge in [0, 0.05) is 25.5 Å². The highest BCUT2D eigenvalue weighted by Crippen LogP contribution is 2.20. The van der Waals surface area contributed by atoms with E-state index in [9.17, 15) is 4.79 Å². The summed E-state index contributed by atoms with van der Waals surface area (Å²) in [4.78, 5) is 12.0. The molecule has 17 heavy (non-hydrogen) atoms. The van der Waals surface area contributed by atoms with Crippen LogP contribution >= 0.6 is 0 Å². The Labute approximate surface area is 102 Å². The zero-order chi connectivity index (χ0) is 12.3. The summed E-state index contributed by atoms with van der Waals surface area (Å²) in [6.07, 6.45) is 3.93. The van der Waals surface area contributed by atoms with Gasteiger partial charge in [-0.05, 0) is 31.9 Å². The van der Waals surface area contributed by atoms with Crippen molar-refractivity contribution in [3.05, 3.63) is 24.0 Å². The molecule has 0 unspecified atom stereocenters. The monoisotopic (exact) mass is 236 g/mol. The fraction of sp³-hybridized carbons (Fsp3) is 0.615. The number of ether oxygens (including phenoxy) is 1. The van der Waals surface area contributed by atoms with E-state index in [1.165, 1.54) is 0 Å². The molecule has 2 atom stereocenters. The molecule has 1 fully saturated rings. The normalized spacial score (nSPS) is 24.6. The average molecular weight is 236 g/mol. The topological polar surface area (TPSA) is 43.3 Å². The van der Waals surface area contributed by atoms with E-state index in [1.54, 1.807) is 0 Å². The van der Waals surface area contributed by atoms with Gasteiger partial charge in [0.2, 0.25) is 5.91 Å². The number of nitrogens with zero attached hydrogens (tertiary/aromatic N) is 1. The zero-order valence-electron chi connectivity index (χ0n) is 10.5. The molecule has 0 spiro atoms. The minimum absolute atomic E-state index is 0.00372. The minimum atomic E-state index is 0.00372. The highest BCUT2D eigenvalue weighted by Gasteiger charge is 2.28. The van der Waals surface area contributed by atoms with Crippen LogP contribution in [-0.2, 0) is 23.1 Å². The lowest BCUT2D eigenvalue weighted by atomic mass is 9.94. The number of carbonyl (C=O) groups excluding carboxylic acids is 1. The van der Waals surface area contributed by atoms with E-state index in [2.05, 4.69) is 5.32 Å². The van der Waals surface area contributed by atoms with Crippen LogP contribution in [0.4, 0.5) is 0 Å². The van der Waals surface area contributed by atoms with Gasteiger partial charge in [-0.3, -0.25) is 4.79 Å². The first-order chi connectivity index (χ1) is 8.18. The van der Waals surface area contributed by atoms with Crippen LogP contribution < -0.4 is 5.32 Å². The molecular formula is C13H20N2O2. The van der Waals surface area contributed by atoms with E-state index < -0.39 is 0 Å². The third-order valence-electron chi connectivity index (χ3n) is 3.44. The van der Waals surface area contributed by atoms with Crippen molar-refractivity contribution in [1.29, 1.82) is 0 Å². The summed E-state index contributed by atoms with van der Waals surface area (Å²) in [6.45, 7) is 3.35. The van der Waals surface area contributed by atoms with Crippen molar-refractivity contribution < 1.29 is 9.53 Å². The Morgan fingerprint density at radius 2 is 2.47 bits per heavy atom. The first-order valence-electron chi connectivity index (χ1n) is 6.18. The van der Waals surface area contributed by atoms with Gasteiger partial charge >= 0.3 is 0 Å². The Hall–Kier alpha value is -1.29. The molecule has 0 aromatic carbocycles. The van der Waals surface area contributed by atoms with E-state index >= 15 is 0 Å². The van der Waals surface area contributed by atoms with E-state index in [1.807, 2.05) is 36.9 Å². The second-order valence-electron chi connectivity index (χ2n) is 4.65. The molecule has 1 aliphatic rings. The highest BCUT2D eigenvalue weighted by molar-refractivity contribution is 5.79. The summed E-state index contributed by atoms with van der Waals surface area (Å²) < 4.78 is 7.52. The zero-order valence-corrected chi connectivity index (χ0v) is 10.5. The van der Waals surface area contributed by atoms with Crippen molar-refractivity contribution in [2.45, 2.75) is 32.4 Å². The number of rotatable bonds is 3. The number of aromatic nitrogens is 1. The van der Waals surface area contributed by atoms with Gasteiger partial charge in [0.15, 0.2) is 0 Å².